The van der Waals surface area contributed by atoms with Gasteiger partial charge in [0.2, 0.25) is 5.91 Å². The van der Waals surface area contributed by atoms with Crippen molar-refractivity contribution in [3.05, 3.63) is 77.2 Å². The Labute approximate surface area is 213 Å². The van der Waals surface area contributed by atoms with Gasteiger partial charge in [-0.3, -0.25) is 4.79 Å². The van der Waals surface area contributed by atoms with E-state index < -0.39 is 0 Å². The van der Waals surface area contributed by atoms with Crippen molar-refractivity contribution in [3.8, 4) is 11.3 Å². The van der Waals surface area contributed by atoms with E-state index in [1.165, 1.54) is 5.56 Å². The topological polar surface area (TPSA) is 73.4 Å². The van der Waals surface area contributed by atoms with Crippen LogP contribution in [0.2, 0.25) is 5.02 Å². The van der Waals surface area contributed by atoms with E-state index in [9.17, 15) is 4.79 Å². The molecular formula is C28H35ClN4O2. The summed E-state index contributed by atoms with van der Waals surface area (Å²) in [5, 5.41) is 0.669. The van der Waals surface area contributed by atoms with Crippen molar-refractivity contribution in [1.82, 2.24) is 14.5 Å². The van der Waals surface area contributed by atoms with Gasteiger partial charge in [0, 0.05) is 36.5 Å². The van der Waals surface area contributed by atoms with Crippen LogP contribution in [0.1, 0.15) is 44.1 Å². The molecule has 6 nitrogen and oxygen atoms in total. The van der Waals surface area contributed by atoms with Crippen LogP contribution in [0, 0.1) is 11.8 Å². The molecule has 0 aliphatic carbocycles. The lowest BCUT2D eigenvalue weighted by Gasteiger charge is -2.36. The van der Waals surface area contributed by atoms with E-state index in [0.29, 0.717) is 37.9 Å². The maximum atomic E-state index is 13.7. The van der Waals surface area contributed by atoms with Gasteiger partial charge >= 0.3 is 0 Å². The molecule has 0 bridgehead atoms. The molecule has 0 radical (unpaired) electrons. The number of nitrogens with two attached hydrogens (primary N) is 1. The molecule has 1 amide bonds. The second-order valence-corrected chi connectivity index (χ2v) is 9.97. The molecule has 35 heavy (non-hydrogen) atoms. The minimum atomic E-state index is -0.189. The molecule has 3 aromatic rings. The van der Waals surface area contributed by atoms with E-state index in [1.807, 2.05) is 47.4 Å². The summed E-state index contributed by atoms with van der Waals surface area (Å²) >= 11 is 6.29. The Hall–Kier alpha value is -2.67. The quantitative estimate of drug-likeness (QED) is 0.422. The SMILES string of the molecule is CC(C)[C@H](c1nc(-c2cccc(Cl)c2)cn1Cc1ccccc1)N(CCCN)C(=O)C1CCOC1. The number of imidazole rings is 1. The molecule has 186 valence electrons. The molecule has 2 aromatic carbocycles. The maximum Gasteiger partial charge on any atom is 0.228 e. The first-order valence-electron chi connectivity index (χ1n) is 12.4. The Morgan fingerprint density at radius 2 is 2.03 bits per heavy atom. The van der Waals surface area contributed by atoms with E-state index in [1.54, 1.807) is 0 Å². The second-order valence-electron chi connectivity index (χ2n) is 9.53. The van der Waals surface area contributed by atoms with Crippen LogP contribution in [-0.4, -0.2) is 46.7 Å². The highest BCUT2D eigenvalue weighted by atomic mass is 35.5. The fraction of sp³-hybridized carbons (Fsp3) is 0.429. The first-order valence-corrected chi connectivity index (χ1v) is 12.8. The Morgan fingerprint density at radius 1 is 1.23 bits per heavy atom. The van der Waals surface area contributed by atoms with Gasteiger partial charge in [0.1, 0.15) is 5.82 Å². The highest BCUT2D eigenvalue weighted by molar-refractivity contribution is 6.30. The van der Waals surface area contributed by atoms with E-state index in [-0.39, 0.29) is 23.8 Å². The standard InChI is InChI=1S/C28H35ClN4O2/c1-20(2)26(33(14-7-13-30)28(34)23-12-15-35-19-23)27-31-25(22-10-6-11-24(29)16-22)18-32(27)17-21-8-4-3-5-9-21/h3-6,8-11,16,18,20,23,26H,7,12-15,17,19,30H2,1-2H3/t23?,26-/m1/s1. The van der Waals surface area contributed by atoms with Gasteiger partial charge in [0.25, 0.3) is 0 Å². The molecule has 1 aliphatic rings. The van der Waals surface area contributed by atoms with Crippen molar-refractivity contribution in [2.75, 3.05) is 26.3 Å². The van der Waals surface area contributed by atoms with Gasteiger partial charge in [0.05, 0.1) is 24.3 Å². The first-order chi connectivity index (χ1) is 17.0. The Morgan fingerprint density at radius 3 is 2.69 bits per heavy atom. The van der Waals surface area contributed by atoms with Crippen molar-refractivity contribution >= 4 is 17.5 Å². The summed E-state index contributed by atoms with van der Waals surface area (Å²) in [5.74, 6) is 1.05. The van der Waals surface area contributed by atoms with Crippen LogP contribution in [0.5, 0.6) is 0 Å². The molecule has 4 rings (SSSR count). The molecule has 2 heterocycles. The fourth-order valence-corrected chi connectivity index (χ4v) is 4.96. The Bertz CT molecular complexity index is 1110. The highest BCUT2D eigenvalue weighted by Gasteiger charge is 2.36. The molecule has 0 saturated carbocycles. The van der Waals surface area contributed by atoms with Gasteiger partial charge in [-0.15, -0.1) is 0 Å². The molecule has 1 unspecified atom stereocenters. The number of hydrogen-bond acceptors (Lipinski definition) is 4. The number of carbonyl (C=O) groups is 1. The zero-order valence-electron chi connectivity index (χ0n) is 20.6. The summed E-state index contributed by atoms with van der Waals surface area (Å²) in [6.07, 6.45) is 3.58. The maximum absolute atomic E-state index is 13.7. The van der Waals surface area contributed by atoms with Crippen LogP contribution >= 0.6 is 11.6 Å². The Balaban J connectivity index is 1.79. The van der Waals surface area contributed by atoms with Crippen molar-refractivity contribution in [2.45, 2.75) is 39.3 Å². The Kier molecular flexibility index (Phi) is 8.60. The third-order valence-corrected chi connectivity index (χ3v) is 6.76. The summed E-state index contributed by atoms with van der Waals surface area (Å²) in [6.45, 7) is 7.21. The number of rotatable bonds is 10. The third kappa shape index (κ3) is 6.13. The molecule has 0 spiro atoms. The van der Waals surface area contributed by atoms with E-state index in [4.69, 9.17) is 27.1 Å². The smallest absolute Gasteiger partial charge is 0.228 e. The molecule has 1 saturated heterocycles. The lowest BCUT2D eigenvalue weighted by molar-refractivity contribution is -0.139. The van der Waals surface area contributed by atoms with Crippen LogP contribution in [0.15, 0.2) is 60.8 Å². The molecule has 1 aliphatic heterocycles. The molecule has 7 heteroatoms. The number of carbonyl (C=O) groups excluding carboxylic acids is 1. The molecular weight excluding hydrogens is 460 g/mol. The molecule has 1 aromatic heterocycles. The summed E-state index contributed by atoms with van der Waals surface area (Å²) in [7, 11) is 0. The summed E-state index contributed by atoms with van der Waals surface area (Å²) in [6, 6.07) is 17.9. The normalized spacial score (nSPS) is 16.5. The zero-order valence-corrected chi connectivity index (χ0v) is 21.3. The number of ether oxygens (including phenoxy) is 1. The lowest BCUT2D eigenvalue weighted by atomic mass is 9.98. The van der Waals surface area contributed by atoms with Crippen LogP contribution in [0.4, 0.5) is 0 Å². The highest BCUT2D eigenvalue weighted by Crippen LogP contribution is 2.34. The average molecular weight is 495 g/mol. The first kappa shape index (κ1) is 25.4. The van der Waals surface area contributed by atoms with Crippen LogP contribution < -0.4 is 5.73 Å². The number of hydrogen-bond donors (Lipinski definition) is 1. The van der Waals surface area contributed by atoms with Gasteiger partial charge in [-0.25, -0.2) is 4.98 Å². The second kappa shape index (κ2) is 11.8. The van der Waals surface area contributed by atoms with E-state index in [2.05, 4.69) is 36.7 Å². The monoisotopic (exact) mass is 494 g/mol. The van der Waals surface area contributed by atoms with Gasteiger partial charge in [-0.1, -0.05) is 67.9 Å². The number of amides is 1. The fourth-order valence-electron chi connectivity index (χ4n) is 4.77. The molecule has 2 N–H and O–H groups in total. The number of nitrogens with zero attached hydrogens (tertiary/aromatic N) is 3. The van der Waals surface area contributed by atoms with Gasteiger partial charge in [0.15, 0.2) is 0 Å². The van der Waals surface area contributed by atoms with E-state index in [0.717, 1.165) is 29.9 Å². The average Bonchev–Trinajstić information content (AvgIpc) is 3.53. The third-order valence-electron chi connectivity index (χ3n) is 6.52. The predicted octanol–water partition coefficient (Wildman–Crippen LogP) is 5.16. The summed E-state index contributed by atoms with van der Waals surface area (Å²) in [4.78, 5) is 20.8. The van der Waals surface area contributed by atoms with Gasteiger partial charge < -0.3 is 19.9 Å². The summed E-state index contributed by atoms with van der Waals surface area (Å²) < 4.78 is 7.73. The summed E-state index contributed by atoms with van der Waals surface area (Å²) in [5.41, 5.74) is 8.85. The van der Waals surface area contributed by atoms with Crippen LogP contribution in [0.25, 0.3) is 11.3 Å². The number of aromatic nitrogens is 2. The number of halogens is 1. The van der Waals surface area contributed by atoms with Crippen LogP contribution in [-0.2, 0) is 16.1 Å². The molecule has 1 fully saturated rings. The molecule has 2 atom stereocenters. The van der Waals surface area contributed by atoms with Crippen LogP contribution in [0.3, 0.4) is 0 Å². The minimum Gasteiger partial charge on any atom is -0.381 e. The van der Waals surface area contributed by atoms with Crippen molar-refractivity contribution in [1.29, 1.82) is 0 Å². The number of benzene rings is 2. The van der Waals surface area contributed by atoms with Gasteiger partial charge in [-0.05, 0) is 43.0 Å². The van der Waals surface area contributed by atoms with E-state index >= 15 is 0 Å². The predicted molar refractivity (Wildman–Crippen MR) is 140 cm³/mol. The van der Waals surface area contributed by atoms with Crippen molar-refractivity contribution < 1.29 is 9.53 Å². The van der Waals surface area contributed by atoms with Crippen molar-refractivity contribution in [2.24, 2.45) is 17.6 Å². The minimum absolute atomic E-state index is 0.112. The lowest BCUT2D eigenvalue weighted by Crippen LogP contribution is -2.43. The van der Waals surface area contributed by atoms with Crippen molar-refractivity contribution in [3.63, 3.8) is 0 Å². The zero-order chi connectivity index (χ0) is 24.8. The largest absolute Gasteiger partial charge is 0.381 e. The van der Waals surface area contributed by atoms with Gasteiger partial charge in [-0.2, -0.15) is 0 Å².